The monoisotopic (exact) mass is 337 g/mol. The normalized spacial score (nSPS) is 11.3. The molecule has 100 valence electrons. The Labute approximate surface area is 124 Å². The molecule has 2 aromatic rings. The summed E-state index contributed by atoms with van der Waals surface area (Å²) in [5.74, 6) is 0.0242. The maximum absolute atomic E-state index is 11.4. The van der Waals surface area contributed by atoms with Gasteiger partial charge in [0.05, 0.1) is 5.02 Å². The van der Waals surface area contributed by atoms with Crippen molar-refractivity contribution in [2.24, 2.45) is 0 Å². The largest absolute Gasteiger partial charge is 0.436 e. The molecular weight excluding hydrogens is 333 g/mol. The zero-order valence-electron chi connectivity index (χ0n) is 9.18. The molecule has 0 spiro atoms. The molecule has 0 N–H and O–H groups in total. The van der Waals surface area contributed by atoms with Crippen LogP contribution in [0.3, 0.4) is 0 Å². The Hall–Kier alpha value is -1.01. The number of aromatic nitrogens is 1. The number of rotatable bonds is 3. The highest BCUT2D eigenvalue weighted by Gasteiger charge is 2.19. The van der Waals surface area contributed by atoms with Crippen LogP contribution in [0.5, 0.6) is 11.6 Å². The van der Waals surface area contributed by atoms with Gasteiger partial charge in [-0.1, -0.05) is 29.3 Å². The van der Waals surface area contributed by atoms with Crippen LogP contribution in [0.25, 0.3) is 0 Å². The summed E-state index contributed by atoms with van der Waals surface area (Å²) in [6.45, 7) is 0. The van der Waals surface area contributed by atoms with Crippen molar-refractivity contribution in [3.8, 4) is 11.6 Å². The maximum Gasteiger partial charge on any atom is 0.266 e. The summed E-state index contributed by atoms with van der Waals surface area (Å²) in [7, 11) is 1.33. The molecule has 0 aliphatic carbocycles. The molecule has 0 fully saturated rings. The van der Waals surface area contributed by atoms with Crippen LogP contribution in [0.2, 0.25) is 10.0 Å². The Morgan fingerprint density at radius 1 is 1.11 bits per heavy atom. The smallest absolute Gasteiger partial charge is 0.266 e. The Kier molecular flexibility index (Phi) is 4.20. The van der Waals surface area contributed by atoms with Crippen LogP contribution >= 0.6 is 33.9 Å². The van der Waals surface area contributed by atoms with Crippen molar-refractivity contribution < 1.29 is 13.2 Å². The molecule has 2 rings (SSSR count). The van der Waals surface area contributed by atoms with Crippen LogP contribution in [0.4, 0.5) is 0 Å². The minimum atomic E-state index is -3.97. The van der Waals surface area contributed by atoms with Gasteiger partial charge in [0.15, 0.2) is 0 Å². The average molecular weight is 339 g/mol. The van der Waals surface area contributed by atoms with Crippen LogP contribution in [0.15, 0.2) is 41.4 Å². The second-order valence-corrected chi connectivity index (χ2v) is 6.72. The van der Waals surface area contributed by atoms with Gasteiger partial charge >= 0.3 is 0 Å². The zero-order valence-corrected chi connectivity index (χ0v) is 12.3. The molecule has 0 amide bonds. The van der Waals surface area contributed by atoms with Crippen LogP contribution in [0.1, 0.15) is 0 Å². The van der Waals surface area contributed by atoms with Gasteiger partial charge in [-0.3, -0.25) is 0 Å². The zero-order chi connectivity index (χ0) is 14.0. The van der Waals surface area contributed by atoms with Crippen LogP contribution in [-0.2, 0) is 9.05 Å². The second-order valence-electron chi connectivity index (χ2n) is 3.40. The van der Waals surface area contributed by atoms with Gasteiger partial charge in [0, 0.05) is 16.9 Å². The number of ether oxygens (including phenoxy) is 1. The van der Waals surface area contributed by atoms with Crippen molar-refractivity contribution in [2.75, 3.05) is 0 Å². The summed E-state index contributed by atoms with van der Waals surface area (Å²) in [4.78, 5) is 3.58. The van der Waals surface area contributed by atoms with Crippen molar-refractivity contribution in [3.63, 3.8) is 0 Å². The van der Waals surface area contributed by atoms with E-state index in [-0.39, 0.29) is 26.6 Å². The van der Waals surface area contributed by atoms with Gasteiger partial charge in [-0.2, -0.15) is 0 Å². The lowest BCUT2D eigenvalue weighted by molar-refractivity contribution is 0.448. The highest BCUT2D eigenvalue weighted by atomic mass is 35.7. The summed E-state index contributed by atoms with van der Waals surface area (Å²) in [5.41, 5.74) is 0. The Morgan fingerprint density at radius 3 is 2.53 bits per heavy atom. The fourth-order valence-corrected chi connectivity index (χ4v) is 2.53. The number of nitrogens with zero attached hydrogens (tertiary/aromatic N) is 1. The maximum atomic E-state index is 11.4. The molecule has 0 atom stereocenters. The SMILES string of the molecule is O=S(=O)(Cl)c1cccnc1Oc1cccc(Cl)c1Cl. The van der Waals surface area contributed by atoms with Gasteiger partial charge in [0.25, 0.3) is 9.05 Å². The number of benzene rings is 1. The Balaban J connectivity index is 2.48. The van der Waals surface area contributed by atoms with Crippen molar-refractivity contribution in [3.05, 3.63) is 46.6 Å². The summed E-state index contributed by atoms with van der Waals surface area (Å²) in [6, 6.07) is 7.44. The van der Waals surface area contributed by atoms with E-state index in [1.807, 2.05) is 0 Å². The van der Waals surface area contributed by atoms with Gasteiger partial charge in [0.2, 0.25) is 5.88 Å². The quantitative estimate of drug-likeness (QED) is 0.790. The first kappa shape index (κ1) is 14.4. The van der Waals surface area contributed by atoms with Gasteiger partial charge in [-0.15, -0.1) is 0 Å². The lowest BCUT2D eigenvalue weighted by Crippen LogP contribution is -1.98. The molecule has 0 radical (unpaired) electrons. The van der Waals surface area contributed by atoms with Crippen LogP contribution < -0.4 is 4.74 Å². The van der Waals surface area contributed by atoms with Crippen molar-refractivity contribution >= 4 is 42.9 Å². The minimum absolute atomic E-state index is 0.160. The summed E-state index contributed by atoms with van der Waals surface area (Å²) in [5, 5.41) is 0.443. The predicted molar refractivity (Wildman–Crippen MR) is 73.8 cm³/mol. The van der Waals surface area contributed by atoms with Gasteiger partial charge < -0.3 is 4.74 Å². The summed E-state index contributed by atoms with van der Waals surface area (Å²) in [6.07, 6.45) is 1.37. The minimum Gasteiger partial charge on any atom is -0.436 e. The van der Waals surface area contributed by atoms with Crippen LogP contribution in [-0.4, -0.2) is 13.4 Å². The standard InChI is InChI=1S/C11H6Cl3NO3S/c12-7-3-1-4-8(10(7)13)18-11-9(19(14,16)17)5-2-6-15-11/h1-6H. The molecular formula is C11H6Cl3NO3S. The Bertz CT molecular complexity index is 719. The molecule has 0 aliphatic heterocycles. The van der Waals surface area contributed by atoms with Crippen molar-refractivity contribution in [2.45, 2.75) is 4.90 Å². The second kappa shape index (κ2) is 5.54. The van der Waals surface area contributed by atoms with Crippen molar-refractivity contribution in [1.82, 2.24) is 4.98 Å². The molecule has 1 aromatic carbocycles. The molecule has 1 heterocycles. The van der Waals surface area contributed by atoms with E-state index in [1.165, 1.54) is 24.4 Å². The molecule has 8 heteroatoms. The van der Waals surface area contributed by atoms with Crippen molar-refractivity contribution in [1.29, 1.82) is 0 Å². The molecule has 0 saturated heterocycles. The third-order valence-corrected chi connectivity index (χ3v) is 4.26. The number of hydrogen-bond donors (Lipinski definition) is 0. The molecule has 0 saturated carbocycles. The first-order chi connectivity index (χ1) is 8.89. The lowest BCUT2D eigenvalue weighted by Gasteiger charge is -2.09. The number of hydrogen-bond acceptors (Lipinski definition) is 4. The molecule has 1 aromatic heterocycles. The van der Waals surface area contributed by atoms with Gasteiger partial charge in [-0.25, -0.2) is 13.4 Å². The average Bonchev–Trinajstić information content (AvgIpc) is 2.34. The Morgan fingerprint density at radius 2 is 1.84 bits per heavy atom. The van der Waals surface area contributed by atoms with Gasteiger partial charge in [0.1, 0.15) is 15.7 Å². The first-order valence-electron chi connectivity index (χ1n) is 4.91. The van der Waals surface area contributed by atoms with E-state index in [0.717, 1.165) is 0 Å². The van der Waals surface area contributed by atoms with E-state index in [0.29, 0.717) is 0 Å². The molecule has 19 heavy (non-hydrogen) atoms. The van der Waals surface area contributed by atoms with Gasteiger partial charge in [-0.05, 0) is 24.3 Å². The van der Waals surface area contributed by atoms with E-state index in [9.17, 15) is 8.42 Å². The topological polar surface area (TPSA) is 56.3 Å². The third-order valence-electron chi connectivity index (χ3n) is 2.12. The fraction of sp³-hybridized carbons (Fsp3) is 0. The predicted octanol–water partition coefficient (Wildman–Crippen LogP) is 4.11. The molecule has 0 bridgehead atoms. The fourth-order valence-electron chi connectivity index (χ4n) is 1.31. The highest BCUT2D eigenvalue weighted by molar-refractivity contribution is 8.13. The number of pyridine rings is 1. The highest BCUT2D eigenvalue weighted by Crippen LogP contribution is 2.36. The van der Waals surface area contributed by atoms with E-state index in [1.54, 1.807) is 12.1 Å². The number of halogens is 3. The molecule has 4 nitrogen and oxygen atoms in total. The van der Waals surface area contributed by atoms with Crippen LogP contribution in [0, 0.1) is 0 Å². The van der Waals surface area contributed by atoms with E-state index < -0.39 is 9.05 Å². The lowest BCUT2D eigenvalue weighted by atomic mass is 10.3. The van der Waals surface area contributed by atoms with E-state index >= 15 is 0 Å². The first-order valence-corrected chi connectivity index (χ1v) is 7.97. The molecule has 0 unspecified atom stereocenters. The molecule has 0 aliphatic rings. The summed E-state index contributed by atoms with van der Waals surface area (Å²) >= 11 is 11.8. The van der Waals surface area contributed by atoms with E-state index in [2.05, 4.69) is 4.98 Å². The summed E-state index contributed by atoms with van der Waals surface area (Å²) < 4.78 is 28.1. The van der Waals surface area contributed by atoms with E-state index in [4.69, 9.17) is 38.6 Å². The third kappa shape index (κ3) is 3.30.